The summed E-state index contributed by atoms with van der Waals surface area (Å²) in [5, 5.41) is 5.56. The molecule has 5 nitrogen and oxygen atoms in total. The number of rotatable bonds is 5. The summed E-state index contributed by atoms with van der Waals surface area (Å²) in [5.41, 5.74) is 0. The fourth-order valence-electron chi connectivity index (χ4n) is 2.14. The van der Waals surface area contributed by atoms with Gasteiger partial charge in [-0.25, -0.2) is 4.79 Å². The predicted molar refractivity (Wildman–Crippen MR) is 66.0 cm³/mol. The Morgan fingerprint density at radius 1 is 1.29 bits per heavy atom. The largest absolute Gasteiger partial charge is 0.377 e. The van der Waals surface area contributed by atoms with Crippen molar-refractivity contribution in [2.24, 2.45) is 0 Å². The number of carbonyl (C=O) groups is 1. The number of carbonyl (C=O) groups excluding carboxylic acids is 1. The number of hydrogen-bond acceptors (Lipinski definition) is 3. The minimum Gasteiger partial charge on any atom is -0.377 e. The van der Waals surface area contributed by atoms with Gasteiger partial charge in [-0.2, -0.15) is 0 Å². The fraction of sp³-hybridized carbons (Fsp3) is 0.917. The molecule has 0 unspecified atom stereocenters. The predicted octanol–water partition coefficient (Wildman–Crippen LogP) is 0.559. The van der Waals surface area contributed by atoms with Gasteiger partial charge in [-0.1, -0.05) is 0 Å². The van der Waals surface area contributed by atoms with Crippen molar-refractivity contribution in [1.82, 2.24) is 15.5 Å². The normalized spacial score (nSPS) is 22.4. The summed E-state index contributed by atoms with van der Waals surface area (Å²) in [6.07, 6.45) is 5.13. The lowest BCUT2D eigenvalue weighted by Gasteiger charge is -2.32. The van der Waals surface area contributed by atoms with E-state index in [0.29, 0.717) is 12.1 Å². The molecule has 98 valence electrons. The van der Waals surface area contributed by atoms with Gasteiger partial charge >= 0.3 is 6.03 Å². The van der Waals surface area contributed by atoms with E-state index in [1.165, 1.54) is 12.8 Å². The van der Waals surface area contributed by atoms with Crippen LogP contribution in [0.5, 0.6) is 0 Å². The van der Waals surface area contributed by atoms with Crippen molar-refractivity contribution < 1.29 is 9.53 Å². The van der Waals surface area contributed by atoms with E-state index < -0.39 is 0 Å². The molecule has 0 spiro atoms. The first-order valence-electron chi connectivity index (χ1n) is 6.60. The van der Waals surface area contributed by atoms with Crippen LogP contribution in [0.25, 0.3) is 0 Å². The molecule has 0 bridgehead atoms. The van der Waals surface area contributed by atoms with E-state index in [1.54, 1.807) is 7.05 Å². The Bertz CT molecular complexity index is 248. The summed E-state index contributed by atoms with van der Waals surface area (Å²) in [6, 6.07) is 0.260. The number of piperidine rings is 1. The lowest BCUT2D eigenvalue weighted by atomic mass is 10.1. The van der Waals surface area contributed by atoms with Crippen LogP contribution in [-0.2, 0) is 4.74 Å². The average molecular weight is 241 g/mol. The Morgan fingerprint density at radius 2 is 2.00 bits per heavy atom. The van der Waals surface area contributed by atoms with E-state index in [9.17, 15) is 4.79 Å². The molecule has 2 amide bonds. The minimum absolute atomic E-state index is 0.0690. The van der Waals surface area contributed by atoms with Crippen molar-refractivity contribution in [3.05, 3.63) is 0 Å². The van der Waals surface area contributed by atoms with Gasteiger partial charge in [0.1, 0.15) is 0 Å². The van der Waals surface area contributed by atoms with Gasteiger partial charge in [0.25, 0.3) is 0 Å². The van der Waals surface area contributed by atoms with Gasteiger partial charge in [0.05, 0.1) is 12.7 Å². The van der Waals surface area contributed by atoms with E-state index in [2.05, 4.69) is 15.5 Å². The zero-order chi connectivity index (χ0) is 12.1. The summed E-state index contributed by atoms with van der Waals surface area (Å²) < 4.78 is 5.64. The molecule has 0 aromatic carbocycles. The lowest BCUT2D eigenvalue weighted by molar-refractivity contribution is 0.0821. The third kappa shape index (κ3) is 4.52. The Kier molecular flexibility index (Phi) is 4.62. The number of amides is 2. The monoisotopic (exact) mass is 241 g/mol. The highest BCUT2D eigenvalue weighted by Gasteiger charge is 2.23. The maximum atomic E-state index is 11.2. The van der Waals surface area contributed by atoms with Gasteiger partial charge in [0, 0.05) is 32.7 Å². The Hall–Kier alpha value is -0.810. The minimum atomic E-state index is -0.0690. The van der Waals surface area contributed by atoms with Crippen LogP contribution in [-0.4, -0.2) is 56.4 Å². The van der Waals surface area contributed by atoms with E-state index in [1.807, 2.05) is 0 Å². The Balaban J connectivity index is 1.55. The molecule has 5 heteroatoms. The Labute approximate surface area is 103 Å². The molecule has 2 rings (SSSR count). The highest BCUT2D eigenvalue weighted by Crippen LogP contribution is 2.23. The number of ether oxygens (including phenoxy) is 1. The van der Waals surface area contributed by atoms with Crippen LogP contribution in [0.3, 0.4) is 0 Å². The second kappa shape index (κ2) is 6.21. The fourth-order valence-corrected chi connectivity index (χ4v) is 2.14. The molecule has 0 atom stereocenters. The average Bonchev–Trinajstić information content (AvgIpc) is 3.15. The van der Waals surface area contributed by atoms with Gasteiger partial charge in [-0.3, -0.25) is 0 Å². The van der Waals surface area contributed by atoms with E-state index in [4.69, 9.17) is 4.74 Å². The third-order valence-electron chi connectivity index (χ3n) is 3.44. The van der Waals surface area contributed by atoms with Crippen molar-refractivity contribution >= 4 is 6.03 Å². The SMILES string of the molecule is CNC(=O)NC1CCN(CCOC2CC2)CC1. The summed E-state index contributed by atoms with van der Waals surface area (Å²) >= 11 is 0. The van der Waals surface area contributed by atoms with Crippen LogP contribution in [0, 0.1) is 0 Å². The van der Waals surface area contributed by atoms with Gasteiger partial charge in [0.15, 0.2) is 0 Å². The van der Waals surface area contributed by atoms with E-state index in [-0.39, 0.29) is 6.03 Å². The molecule has 2 N–H and O–H groups in total. The maximum Gasteiger partial charge on any atom is 0.314 e. The zero-order valence-electron chi connectivity index (χ0n) is 10.6. The molecule has 0 aromatic heterocycles. The van der Waals surface area contributed by atoms with E-state index >= 15 is 0 Å². The first-order chi connectivity index (χ1) is 8.28. The second-order valence-electron chi connectivity index (χ2n) is 4.91. The molecule has 2 fully saturated rings. The number of nitrogens with zero attached hydrogens (tertiary/aromatic N) is 1. The third-order valence-corrected chi connectivity index (χ3v) is 3.44. The molecule has 1 saturated heterocycles. The number of likely N-dealkylation sites (tertiary alicyclic amines) is 1. The molecular weight excluding hydrogens is 218 g/mol. The smallest absolute Gasteiger partial charge is 0.314 e. The van der Waals surface area contributed by atoms with Crippen molar-refractivity contribution in [2.75, 3.05) is 33.3 Å². The van der Waals surface area contributed by atoms with E-state index in [0.717, 1.165) is 39.1 Å². The first-order valence-corrected chi connectivity index (χ1v) is 6.60. The Morgan fingerprint density at radius 3 is 2.59 bits per heavy atom. The summed E-state index contributed by atoms with van der Waals surface area (Å²) in [6.45, 7) is 4.01. The molecule has 0 aromatic rings. The number of hydrogen-bond donors (Lipinski definition) is 2. The first kappa shape index (κ1) is 12.6. The molecular formula is C12H23N3O2. The lowest BCUT2D eigenvalue weighted by Crippen LogP contribution is -2.47. The molecule has 17 heavy (non-hydrogen) atoms. The zero-order valence-corrected chi connectivity index (χ0v) is 10.6. The van der Waals surface area contributed by atoms with Crippen LogP contribution in [0.1, 0.15) is 25.7 Å². The van der Waals surface area contributed by atoms with Crippen LogP contribution >= 0.6 is 0 Å². The van der Waals surface area contributed by atoms with Gasteiger partial charge in [-0.05, 0) is 25.7 Å². The highest BCUT2D eigenvalue weighted by atomic mass is 16.5. The standard InChI is InChI=1S/C12H23N3O2/c1-13-12(16)14-10-4-6-15(7-5-10)8-9-17-11-2-3-11/h10-11H,2-9H2,1H3,(H2,13,14,16). The summed E-state index contributed by atoms with van der Waals surface area (Å²) in [4.78, 5) is 13.6. The van der Waals surface area contributed by atoms with Gasteiger partial charge in [-0.15, -0.1) is 0 Å². The number of urea groups is 1. The molecule has 1 aliphatic carbocycles. The quantitative estimate of drug-likeness (QED) is 0.739. The van der Waals surface area contributed by atoms with Gasteiger partial charge in [0.2, 0.25) is 0 Å². The van der Waals surface area contributed by atoms with Crippen molar-refractivity contribution in [3.8, 4) is 0 Å². The maximum absolute atomic E-state index is 11.2. The molecule has 1 saturated carbocycles. The van der Waals surface area contributed by atoms with Crippen LogP contribution < -0.4 is 10.6 Å². The molecule has 1 heterocycles. The molecule has 1 aliphatic heterocycles. The van der Waals surface area contributed by atoms with Crippen LogP contribution in [0.4, 0.5) is 4.79 Å². The summed E-state index contributed by atoms with van der Waals surface area (Å²) in [7, 11) is 1.65. The number of nitrogens with one attached hydrogen (secondary N) is 2. The van der Waals surface area contributed by atoms with Crippen molar-refractivity contribution in [3.63, 3.8) is 0 Å². The highest BCUT2D eigenvalue weighted by molar-refractivity contribution is 5.73. The second-order valence-corrected chi connectivity index (χ2v) is 4.91. The van der Waals surface area contributed by atoms with Crippen LogP contribution in [0.15, 0.2) is 0 Å². The topological polar surface area (TPSA) is 53.6 Å². The van der Waals surface area contributed by atoms with Gasteiger partial charge < -0.3 is 20.3 Å². The van der Waals surface area contributed by atoms with Crippen LogP contribution in [0.2, 0.25) is 0 Å². The van der Waals surface area contributed by atoms with Crippen molar-refractivity contribution in [2.45, 2.75) is 37.8 Å². The summed E-state index contributed by atoms with van der Waals surface area (Å²) in [5.74, 6) is 0. The molecule has 0 radical (unpaired) electrons. The molecule has 2 aliphatic rings. The van der Waals surface area contributed by atoms with Crippen molar-refractivity contribution in [1.29, 1.82) is 0 Å².